The lowest BCUT2D eigenvalue weighted by Gasteiger charge is -2.07. The van der Waals surface area contributed by atoms with E-state index < -0.39 is 12.1 Å². The van der Waals surface area contributed by atoms with E-state index in [4.69, 9.17) is 21.5 Å². The molecule has 1 amide bonds. The van der Waals surface area contributed by atoms with Crippen molar-refractivity contribution in [3.05, 3.63) is 77.3 Å². The van der Waals surface area contributed by atoms with Gasteiger partial charge in [-0.15, -0.1) is 0 Å². The van der Waals surface area contributed by atoms with Gasteiger partial charge in [-0.25, -0.2) is 14.5 Å². The molecular weight excluding hydrogens is 425 g/mol. The molecule has 0 atom stereocenters. The number of carbonyl (C=O) groups is 2. The summed E-state index contributed by atoms with van der Waals surface area (Å²) in [5.74, 6) is -2.82. The third-order valence-electron chi connectivity index (χ3n) is 3.57. The van der Waals surface area contributed by atoms with Crippen molar-refractivity contribution in [3.63, 3.8) is 0 Å². The molecule has 158 valence electrons. The molecule has 0 radical (unpaired) electrons. The number of benzene rings is 2. The van der Waals surface area contributed by atoms with Crippen LogP contribution in [0.3, 0.4) is 0 Å². The van der Waals surface area contributed by atoms with E-state index in [-0.39, 0.29) is 5.91 Å². The molecular formula is C19H16ClF3N4O3. The van der Waals surface area contributed by atoms with Crippen LogP contribution in [0.5, 0.6) is 0 Å². The lowest BCUT2D eigenvalue weighted by Crippen LogP contribution is -2.21. The van der Waals surface area contributed by atoms with Gasteiger partial charge in [0.15, 0.2) is 0 Å². The Bertz CT molecular complexity index is 960. The fourth-order valence-corrected chi connectivity index (χ4v) is 2.31. The van der Waals surface area contributed by atoms with Gasteiger partial charge < -0.3 is 10.4 Å². The van der Waals surface area contributed by atoms with E-state index in [0.717, 1.165) is 16.8 Å². The van der Waals surface area contributed by atoms with Gasteiger partial charge in [0.05, 0.1) is 13.0 Å². The zero-order valence-electron chi connectivity index (χ0n) is 15.3. The summed E-state index contributed by atoms with van der Waals surface area (Å²) in [6, 6.07) is 14.9. The Morgan fingerprint density at radius 3 is 2.10 bits per heavy atom. The lowest BCUT2D eigenvalue weighted by molar-refractivity contribution is -0.192. The van der Waals surface area contributed by atoms with E-state index in [1.807, 2.05) is 36.4 Å². The highest BCUT2D eigenvalue weighted by Crippen LogP contribution is 2.14. The summed E-state index contributed by atoms with van der Waals surface area (Å²) in [5, 5.41) is 14.7. The van der Waals surface area contributed by atoms with Gasteiger partial charge >= 0.3 is 12.1 Å². The van der Waals surface area contributed by atoms with Crippen LogP contribution in [-0.4, -0.2) is 37.9 Å². The van der Waals surface area contributed by atoms with Crippen LogP contribution < -0.4 is 5.32 Å². The first kappa shape index (κ1) is 22.9. The van der Waals surface area contributed by atoms with Gasteiger partial charge in [-0.05, 0) is 35.4 Å². The monoisotopic (exact) mass is 440 g/mol. The van der Waals surface area contributed by atoms with Crippen LogP contribution in [-0.2, 0) is 22.6 Å². The number of aliphatic carboxylic acids is 1. The molecule has 0 aliphatic heterocycles. The van der Waals surface area contributed by atoms with E-state index in [2.05, 4.69) is 15.4 Å². The zero-order valence-corrected chi connectivity index (χ0v) is 16.1. The topological polar surface area (TPSA) is 97.1 Å². The van der Waals surface area contributed by atoms with Crippen molar-refractivity contribution >= 4 is 29.2 Å². The third-order valence-corrected chi connectivity index (χ3v) is 3.82. The van der Waals surface area contributed by atoms with Crippen molar-refractivity contribution in [2.24, 2.45) is 0 Å². The molecule has 3 aromatic rings. The van der Waals surface area contributed by atoms with Gasteiger partial charge in [0.25, 0.3) is 0 Å². The van der Waals surface area contributed by atoms with Gasteiger partial charge in [0, 0.05) is 10.7 Å². The minimum absolute atomic E-state index is 0.0589. The highest BCUT2D eigenvalue weighted by Gasteiger charge is 2.38. The minimum Gasteiger partial charge on any atom is -0.475 e. The predicted octanol–water partition coefficient (Wildman–Crippen LogP) is 3.79. The molecule has 11 heteroatoms. The summed E-state index contributed by atoms with van der Waals surface area (Å²) >= 11 is 5.83. The molecule has 30 heavy (non-hydrogen) atoms. The second-order valence-electron chi connectivity index (χ2n) is 5.94. The average Bonchev–Trinajstić information content (AvgIpc) is 3.18. The average molecular weight is 441 g/mol. The number of nitrogens with zero attached hydrogens (tertiary/aromatic N) is 3. The van der Waals surface area contributed by atoms with Gasteiger partial charge in [-0.3, -0.25) is 4.79 Å². The first-order valence-corrected chi connectivity index (χ1v) is 8.77. The summed E-state index contributed by atoms with van der Waals surface area (Å²) in [6.07, 6.45) is -1.59. The summed E-state index contributed by atoms with van der Waals surface area (Å²) in [4.78, 5) is 24.8. The predicted molar refractivity (Wildman–Crippen MR) is 103 cm³/mol. The molecule has 2 aromatic carbocycles. The normalized spacial score (nSPS) is 10.7. The SMILES string of the molecule is O=C(Cc1ccc(Cl)cc1)Nc1ccc(Cn2cncn2)cc1.O=C(O)C(F)(F)F. The van der Waals surface area contributed by atoms with E-state index >= 15 is 0 Å². The summed E-state index contributed by atoms with van der Waals surface area (Å²) in [5.41, 5.74) is 2.78. The van der Waals surface area contributed by atoms with E-state index in [1.165, 1.54) is 6.33 Å². The van der Waals surface area contributed by atoms with Crippen LogP contribution in [0.4, 0.5) is 18.9 Å². The maximum absolute atomic E-state index is 12.0. The first-order chi connectivity index (χ1) is 14.1. The largest absolute Gasteiger partial charge is 0.490 e. The van der Waals surface area contributed by atoms with Gasteiger partial charge in [-0.2, -0.15) is 18.3 Å². The third kappa shape index (κ3) is 7.92. The van der Waals surface area contributed by atoms with Crippen LogP contribution >= 0.6 is 11.6 Å². The van der Waals surface area contributed by atoms with Crippen molar-refractivity contribution in [1.82, 2.24) is 14.8 Å². The molecule has 0 spiro atoms. The number of anilines is 1. The Labute approximate surface area is 174 Å². The number of hydrogen-bond acceptors (Lipinski definition) is 4. The number of hydrogen-bond donors (Lipinski definition) is 2. The highest BCUT2D eigenvalue weighted by molar-refractivity contribution is 6.30. The second-order valence-corrected chi connectivity index (χ2v) is 6.38. The zero-order chi connectivity index (χ0) is 22.1. The molecule has 0 saturated carbocycles. The Balaban J connectivity index is 0.000000396. The van der Waals surface area contributed by atoms with Gasteiger partial charge in [-0.1, -0.05) is 35.9 Å². The molecule has 3 rings (SSSR count). The Morgan fingerprint density at radius 1 is 1.03 bits per heavy atom. The number of amides is 1. The molecule has 7 nitrogen and oxygen atoms in total. The van der Waals surface area contributed by atoms with E-state index in [1.54, 1.807) is 23.1 Å². The highest BCUT2D eigenvalue weighted by atomic mass is 35.5. The summed E-state index contributed by atoms with van der Waals surface area (Å²) in [6.45, 7) is 0.652. The maximum Gasteiger partial charge on any atom is 0.490 e. The second kappa shape index (κ2) is 10.4. The van der Waals surface area contributed by atoms with Crippen molar-refractivity contribution in [2.45, 2.75) is 19.1 Å². The van der Waals surface area contributed by atoms with E-state index in [9.17, 15) is 18.0 Å². The molecule has 1 aromatic heterocycles. The number of aromatic nitrogens is 3. The van der Waals surface area contributed by atoms with Crippen molar-refractivity contribution < 1.29 is 27.9 Å². The number of carbonyl (C=O) groups excluding carboxylic acids is 1. The van der Waals surface area contributed by atoms with Gasteiger partial charge in [0.1, 0.15) is 12.7 Å². The molecule has 0 saturated heterocycles. The Kier molecular flexibility index (Phi) is 7.93. The number of rotatable bonds is 5. The smallest absolute Gasteiger partial charge is 0.475 e. The van der Waals surface area contributed by atoms with Crippen LogP contribution in [0.2, 0.25) is 5.02 Å². The molecule has 0 aliphatic rings. The number of alkyl halides is 3. The van der Waals surface area contributed by atoms with E-state index in [0.29, 0.717) is 18.0 Å². The molecule has 0 aliphatic carbocycles. The minimum atomic E-state index is -5.08. The fraction of sp³-hybridized carbons (Fsp3) is 0.158. The molecule has 1 heterocycles. The van der Waals surface area contributed by atoms with Crippen LogP contribution in [0.15, 0.2) is 61.2 Å². The van der Waals surface area contributed by atoms with Crippen LogP contribution in [0.1, 0.15) is 11.1 Å². The standard InChI is InChI=1S/C17H15ClN4O.C2HF3O2/c18-15-5-1-13(2-6-15)9-17(23)21-16-7-3-14(4-8-16)10-22-12-19-11-20-22;3-2(4,5)1(6)7/h1-8,11-12H,9-10H2,(H,21,23);(H,6,7). The quantitative estimate of drug-likeness (QED) is 0.629. The molecule has 0 fully saturated rings. The summed E-state index contributed by atoms with van der Waals surface area (Å²) in [7, 11) is 0. The van der Waals surface area contributed by atoms with Gasteiger partial charge in [0.2, 0.25) is 5.91 Å². The number of nitrogens with one attached hydrogen (secondary N) is 1. The van der Waals surface area contributed by atoms with Crippen molar-refractivity contribution in [2.75, 3.05) is 5.32 Å². The van der Waals surface area contributed by atoms with Crippen LogP contribution in [0, 0.1) is 0 Å². The molecule has 0 unspecified atom stereocenters. The Morgan fingerprint density at radius 2 is 1.60 bits per heavy atom. The van der Waals surface area contributed by atoms with Crippen LogP contribution in [0.25, 0.3) is 0 Å². The summed E-state index contributed by atoms with van der Waals surface area (Å²) < 4.78 is 33.5. The maximum atomic E-state index is 12.0. The fourth-order valence-electron chi connectivity index (χ4n) is 2.19. The van der Waals surface area contributed by atoms with Crippen molar-refractivity contribution in [1.29, 1.82) is 0 Å². The van der Waals surface area contributed by atoms with Crippen molar-refractivity contribution in [3.8, 4) is 0 Å². The molecule has 2 N–H and O–H groups in total. The first-order valence-electron chi connectivity index (χ1n) is 8.39. The lowest BCUT2D eigenvalue weighted by atomic mass is 10.1. The molecule has 0 bridgehead atoms. The number of halogens is 4. The Hall–Kier alpha value is -3.40. The number of carboxylic acid groups (broad SMARTS) is 1. The number of carboxylic acids is 1.